The van der Waals surface area contributed by atoms with Crippen LogP contribution < -0.4 is 5.32 Å². The fraction of sp³-hybridized carbons (Fsp3) is 0.158. The first-order valence-corrected chi connectivity index (χ1v) is 9.20. The van der Waals surface area contributed by atoms with Crippen LogP contribution in [0.5, 0.6) is 0 Å². The van der Waals surface area contributed by atoms with Crippen LogP contribution in [0.2, 0.25) is 5.02 Å². The summed E-state index contributed by atoms with van der Waals surface area (Å²) < 4.78 is 0. The lowest BCUT2D eigenvalue weighted by atomic mass is 10.2. The maximum Gasteiger partial charge on any atom is 0.322 e. The van der Waals surface area contributed by atoms with Crippen molar-refractivity contribution in [1.82, 2.24) is 9.88 Å². The summed E-state index contributed by atoms with van der Waals surface area (Å²) in [4.78, 5) is 19.9. The molecule has 6 heteroatoms. The zero-order valence-electron chi connectivity index (χ0n) is 13.6. The van der Waals surface area contributed by atoms with E-state index in [-0.39, 0.29) is 6.03 Å². The molecule has 0 aliphatic carbocycles. The maximum absolute atomic E-state index is 12.8. The second kappa shape index (κ2) is 8.65. The van der Waals surface area contributed by atoms with Crippen molar-refractivity contribution in [2.45, 2.75) is 13.0 Å². The molecule has 0 spiro atoms. The average Bonchev–Trinajstić information content (AvgIpc) is 3.15. The Hall–Kier alpha value is -2.37. The van der Waals surface area contributed by atoms with Gasteiger partial charge in [-0.3, -0.25) is 4.98 Å². The van der Waals surface area contributed by atoms with E-state index in [0.717, 1.165) is 12.0 Å². The van der Waals surface area contributed by atoms with E-state index in [2.05, 4.69) is 16.4 Å². The molecule has 0 aliphatic rings. The van der Waals surface area contributed by atoms with E-state index in [1.165, 1.54) is 4.88 Å². The molecule has 2 amide bonds. The molecule has 0 fully saturated rings. The number of benzene rings is 1. The smallest absolute Gasteiger partial charge is 0.320 e. The molecular weight excluding hydrogens is 354 g/mol. The van der Waals surface area contributed by atoms with Gasteiger partial charge in [0, 0.05) is 30.4 Å². The zero-order chi connectivity index (χ0) is 17.5. The van der Waals surface area contributed by atoms with Crippen LogP contribution in [0.1, 0.15) is 10.4 Å². The number of hydrogen-bond donors (Lipinski definition) is 1. The number of rotatable bonds is 6. The van der Waals surface area contributed by atoms with Gasteiger partial charge < -0.3 is 10.2 Å². The Balaban J connectivity index is 1.72. The molecule has 25 heavy (non-hydrogen) atoms. The summed E-state index contributed by atoms with van der Waals surface area (Å²) in [6.45, 7) is 1.11. The van der Waals surface area contributed by atoms with Gasteiger partial charge in [-0.15, -0.1) is 11.3 Å². The van der Waals surface area contributed by atoms with E-state index in [4.69, 9.17) is 11.6 Å². The maximum atomic E-state index is 12.8. The molecule has 0 saturated heterocycles. The molecule has 0 radical (unpaired) electrons. The minimum Gasteiger partial charge on any atom is -0.320 e. The molecular formula is C19H18ClN3OS. The molecule has 0 saturated carbocycles. The largest absolute Gasteiger partial charge is 0.322 e. The summed E-state index contributed by atoms with van der Waals surface area (Å²) in [6, 6.07) is 15.0. The number of nitrogens with one attached hydrogen (secondary N) is 1. The number of carbonyl (C=O) groups excluding carboxylic acids is 1. The van der Waals surface area contributed by atoms with Crippen LogP contribution in [0.25, 0.3) is 0 Å². The first kappa shape index (κ1) is 17.5. The lowest BCUT2D eigenvalue weighted by Crippen LogP contribution is -2.36. The number of nitrogens with zero attached hydrogens (tertiary/aromatic N) is 2. The number of para-hydroxylation sites is 1. The number of hydrogen-bond acceptors (Lipinski definition) is 3. The highest BCUT2D eigenvalue weighted by Crippen LogP contribution is 2.21. The number of pyridine rings is 1. The predicted molar refractivity (Wildman–Crippen MR) is 103 cm³/mol. The Kier molecular flexibility index (Phi) is 6.04. The number of aromatic nitrogens is 1. The van der Waals surface area contributed by atoms with Crippen molar-refractivity contribution < 1.29 is 4.79 Å². The van der Waals surface area contributed by atoms with E-state index >= 15 is 0 Å². The van der Waals surface area contributed by atoms with Crippen LogP contribution in [-0.4, -0.2) is 22.5 Å². The SMILES string of the molecule is O=C(Nc1ccccc1Cl)N(CCc1cccs1)Cc1cccnc1. The van der Waals surface area contributed by atoms with Gasteiger partial charge in [0.05, 0.1) is 10.7 Å². The van der Waals surface area contributed by atoms with Crippen LogP contribution in [-0.2, 0) is 13.0 Å². The third kappa shape index (κ3) is 5.05. The number of carbonyl (C=O) groups is 1. The third-order valence-corrected chi connectivity index (χ3v) is 4.97. The molecule has 128 valence electrons. The van der Waals surface area contributed by atoms with Gasteiger partial charge in [-0.25, -0.2) is 4.79 Å². The first-order chi connectivity index (χ1) is 12.2. The van der Waals surface area contributed by atoms with Crippen molar-refractivity contribution in [1.29, 1.82) is 0 Å². The molecule has 0 aliphatic heterocycles. The Morgan fingerprint density at radius 1 is 1.16 bits per heavy atom. The van der Waals surface area contributed by atoms with Gasteiger partial charge in [0.25, 0.3) is 0 Å². The Morgan fingerprint density at radius 2 is 2.04 bits per heavy atom. The Bertz CT molecular complexity index is 809. The summed E-state index contributed by atoms with van der Waals surface area (Å²) in [5, 5.41) is 5.47. The Labute approximate surface area is 156 Å². The molecule has 3 aromatic rings. The number of urea groups is 1. The first-order valence-electron chi connectivity index (χ1n) is 7.94. The highest BCUT2D eigenvalue weighted by Gasteiger charge is 2.15. The fourth-order valence-electron chi connectivity index (χ4n) is 2.42. The monoisotopic (exact) mass is 371 g/mol. The number of anilines is 1. The van der Waals surface area contributed by atoms with Gasteiger partial charge in [0.2, 0.25) is 0 Å². The van der Waals surface area contributed by atoms with Crippen molar-refractivity contribution in [3.8, 4) is 0 Å². The van der Waals surface area contributed by atoms with Crippen LogP contribution in [0.3, 0.4) is 0 Å². The highest BCUT2D eigenvalue weighted by molar-refractivity contribution is 7.09. The summed E-state index contributed by atoms with van der Waals surface area (Å²) in [6.07, 6.45) is 4.32. The second-order valence-corrected chi connectivity index (χ2v) is 6.96. The van der Waals surface area contributed by atoms with Crippen LogP contribution in [0.15, 0.2) is 66.3 Å². The molecule has 3 rings (SSSR count). The molecule has 4 nitrogen and oxygen atoms in total. The number of halogens is 1. The minimum absolute atomic E-state index is 0.173. The quantitative estimate of drug-likeness (QED) is 0.657. The van der Waals surface area contributed by atoms with Gasteiger partial charge in [-0.1, -0.05) is 35.9 Å². The van der Waals surface area contributed by atoms with Gasteiger partial charge >= 0.3 is 6.03 Å². The fourth-order valence-corrected chi connectivity index (χ4v) is 3.30. The number of thiophene rings is 1. The van der Waals surface area contributed by atoms with E-state index in [1.807, 2.05) is 35.7 Å². The van der Waals surface area contributed by atoms with Gasteiger partial charge in [-0.2, -0.15) is 0 Å². The summed E-state index contributed by atoms with van der Waals surface area (Å²) in [5.41, 5.74) is 1.60. The van der Waals surface area contributed by atoms with Crippen LogP contribution >= 0.6 is 22.9 Å². The van der Waals surface area contributed by atoms with Crippen LogP contribution in [0.4, 0.5) is 10.5 Å². The molecule has 1 N–H and O–H groups in total. The standard InChI is InChI=1S/C19H18ClN3OS/c20-17-7-1-2-8-18(17)22-19(24)23(11-9-16-6-4-12-25-16)14-15-5-3-10-21-13-15/h1-8,10,12-13H,9,11,14H2,(H,22,24). The highest BCUT2D eigenvalue weighted by atomic mass is 35.5. The van der Waals surface area contributed by atoms with E-state index in [0.29, 0.717) is 23.8 Å². The lowest BCUT2D eigenvalue weighted by Gasteiger charge is -2.23. The van der Waals surface area contributed by atoms with Crippen LogP contribution in [0, 0.1) is 0 Å². The van der Waals surface area contributed by atoms with Gasteiger partial charge in [-0.05, 0) is 41.6 Å². The van der Waals surface area contributed by atoms with E-state index in [9.17, 15) is 4.79 Å². The normalized spacial score (nSPS) is 10.4. The molecule has 1 aromatic carbocycles. The topological polar surface area (TPSA) is 45.2 Å². The summed E-state index contributed by atoms with van der Waals surface area (Å²) in [5.74, 6) is 0. The molecule has 0 unspecified atom stereocenters. The second-order valence-electron chi connectivity index (χ2n) is 5.52. The molecule has 0 bridgehead atoms. The van der Waals surface area contributed by atoms with Crippen molar-refractivity contribution in [3.05, 3.63) is 81.8 Å². The van der Waals surface area contributed by atoms with Crippen molar-refractivity contribution in [2.24, 2.45) is 0 Å². The van der Waals surface area contributed by atoms with Gasteiger partial charge in [0.15, 0.2) is 0 Å². The average molecular weight is 372 g/mol. The van der Waals surface area contributed by atoms with Crippen molar-refractivity contribution >= 4 is 34.7 Å². The van der Waals surface area contributed by atoms with Crippen molar-refractivity contribution in [3.63, 3.8) is 0 Å². The zero-order valence-corrected chi connectivity index (χ0v) is 15.1. The summed E-state index contributed by atoms with van der Waals surface area (Å²) >= 11 is 7.85. The van der Waals surface area contributed by atoms with E-state index < -0.39 is 0 Å². The molecule has 2 aromatic heterocycles. The summed E-state index contributed by atoms with van der Waals surface area (Å²) in [7, 11) is 0. The lowest BCUT2D eigenvalue weighted by molar-refractivity contribution is 0.210. The van der Waals surface area contributed by atoms with Crippen molar-refractivity contribution in [2.75, 3.05) is 11.9 Å². The predicted octanol–water partition coefficient (Wildman–Crippen LogP) is 5.07. The minimum atomic E-state index is -0.173. The molecule has 2 heterocycles. The number of amides is 2. The van der Waals surface area contributed by atoms with Gasteiger partial charge in [0.1, 0.15) is 0 Å². The Morgan fingerprint density at radius 3 is 2.76 bits per heavy atom. The third-order valence-electron chi connectivity index (χ3n) is 3.71. The van der Waals surface area contributed by atoms with E-state index in [1.54, 1.807) is 40.8 Å². The molecule has 0 atom stereocenters.